The van der Waals surface area contributed by atoms with Crippen LogP contribution in [0.2, 0.25) is 0 Å². The van der Waals surface area contributed by atoms with E-state index in [1.165, 1.54) is 0 Å². The highest BCUT2D eigenvalue weighted by Gasteiger charge is 2.31. The Labute approximate surface area is 165 Å². The lowest BCUT2D eigenvalue weighted by Crippen LogP contribution is -2.49. The first-order valence-electron chi connectivity index (χ1n) is 10.1. The van der Waals surface area contributed by atoms with Gasteiger partial charge in [0.25, 0.3) is 5.91 Å². The van der Waals surface area contributed by atoms with Gasteiger partial charge in [-0.2, -0.15) is 5.10 Å². The van der Waals surface area contributed by atoms with E-state index in [1.54, 1.807) is 11.0 Å². The summed E-state index contributed by atoms with van der Waals surface area (Å²) in [6.07, 6.45) is 3.92. The van der Waals surface area contributed by atoms with E-state index >= 15 is 0 Å². The molecule has 3 atom stereocenters. The molecule has 0 saturated carbocycles. The van der Waals surface area contributed by atoms with Crippen molar-refractivity contribution in [3.8, 4) is 0 Å². The largest absolute Gasteiger partial charge is 0.388 e. The number of amides is 1. The number of aliphatic hydroxyl groups excluding tert-OH is 1. The minimum absolute atomic E-state index is 0.0870. The van der Waals surface area contributed by atoms with E-state index in [0.29, 0.717) is 37.9 Å². The van der Waals surface area contributed by atoms with Gasteiger partial charge in [0.05, 0.1) is 31.4 Å². The number of aromatic nitrogens is 2. The fourth-order valence-electron chi connectivity index (χ4n) is 4.05. The van der Waals surface area contributed by atoms with E-state index < -0.39 is 6.10 Å². The van der Waals surface area contributed by atoms with Crippen molar-refractivity contribution in [2.24, 2.45) is 0 Å². The summed E-state index contributed by atoms with van der Waals surface area (Å²) < 4.78 is 7.51. The molecule has 1 aromatic carbocycles. The number of piperidine rings is 1. The van der Waals surface area contributed by atoms with Crippen LogP contribution < -0.4 is 5.32 Å². The summed E-state index contributed by atoms with van der Waals surface area (Å²) in [7, 11) is 0. The van der Waals surface area contributed by atoms with Crippen molar-refractivity contribution >= 4 is 5.91 Å². The van der Waals surface area contributed by atoms with Crippen LogP contribution in [0, 0.1) is 0 Å². The normalized spacial score (nSPS) is 24.1. The number of nitrogens with one attached hydrogen (secondary N) is 1. The zero-order chi connectivity index (χ0) is 19.3. The number of hydrogen-bond acceptors (Lipinski definition) is 5. The third kappa shape index (κ3) is 4.27. The molecule has 7 heteroatoms. The smallest absolute Gasteiger partial charge is 0.274 e. The summed E-state index contributed by atoms with van der Waals surface area (Å²) in [5.41, 5.74) is 1.32. The number of morpholine rings is 1. The van der Waals surface area contributed by atoms with Crippen molar-refractivity contribution in [2.45, 2.75) is 37.5 Å². The van der Waals surface area contributed by atoms with E-state index in [-0.39, 0.29) is 11.9 Å². The summed E-state index contributed by atoms with van der Waals surface area (Å²) in [6.45, 7) is 3.39. The maximum absolute atomic E-state index is 13.1. The topological polar surface area (TPSA) is 79.6 Å². The molecule has 2 aliphatic rings. The second-order valence-corrected chi connectivity index (χ2v) is 7.57. The van der Waals surface area contributed by atoms with Gasteiger partial charge in [0.1, 0.15) is 5.69 Å². The van der Waals surface area contributed by atoms with Crippen molar-refractivity contribution in [1.29, 1.82) is 0 Å². The van der Waals surface area contributed by atoms with Crippen molar-refractivity contribution in [2.75, 3.05) is 32.8 Å². The Morgan fingerprint density at radius 2 is 2.18 bits per heavy atom. The zero-order valence-corrected chi connectivity index (χ0v) is 16.0. The van der Waals surface area contributed by atoms with Crippen LogP contribution in [0.15, 0.2) is 42.6 Å². The molecule has 1 aromatic heterocycles. The third-order valence-electron chi connectivity index (χ3n) is 5.64. The Balaban J connectivity index is 1.45. The van der Waals surface area contributed by atoms with Gasteiger partial charge < -0.3 is 20.1 Å². The number of hydrogen-bond donors (Lipinski definition) is 2. The molecule has 2 saturated heterocycles. The van der Waals surface area contributed by atoms with Crippen LogP contribution in [0.5, 0.6) is 0 Å². The van der Waals surface area contributed by atoms with E-state index in [0.717, 1.165) is 31.5 Å². The van der Waals surface area contributed by atoms with Crippen LogP contribution in [0.1, 0.15) is 47.5 Å². The number of rotatable bonds is 5. The molecular formula is C21H28N4O3. The molecule has 0 bridgehead atoms. The van der Waals surface area contributed by atoms with Crippen LogP contribution in [-0.2, 0) is 4.74 Å². The second-order valence-electron chi connectivity index (χ2n) is 7.57. The molecule has 1 amide bonds. The van der Waals surface area contributed by atoms with Crippen molar-refractivity contribution in [3.63, 3.8) is 0 Å². The number of carbonyl (C=O) groups excluding carboxylic acids is 1. The number of nitrogens with zero attached hydrogens (tertiary/aromatic N) is 3. The van der Waals surface area contributed by atoms with Gasteiger partial charge in [-0.1, -0.05) is 30.3 Å². The van der Waals surface area contributed by atoms with Gasteiger partial charge in [-0.3, -0.25) is 9.48 Å². The van der Waals surface area contributed by atoms with Crippen LogP contribution in [0.4, 0.5) is 0 Å². The molecule has 7 nitrogen and oxygen atoms in total. The Morgan fingerprint density at radius 3 is 2.96 bits per heavy atom. The van der Waals surface area contributed by atoms with E-state index in [2.05, 4.69) is 10.4 Å². The van der Waals surface area contributed by atoms with Crippen LogP contribution in [0.3, 0.4) is 0 Å². The number of carbonyl (C=O) groups is 1. The fraction of sp³-hybridized carbons (Fsp3) is 0.524. The van der Waals surface area contributed by atoms with Gasteiger partial charge in [-0.25, -0.2) is 0 Å². The molecule has 2 aliphatic heterocycles. The Hall–Kier alpha value is -2.22. The van der Waals surface area contributed by atoms with E-state index in [9.17, 15) is 9.90 Å². The fourth-order valence-corrected chi connectivity index (χ4v) is 4.05. The molecule has 2 aromatic rings. The number of aliphatic hydroxyl groups is 1. The number of ether oxygens (including phenoxy) is 1. The van der Waals surface area contributed by atoms with Crippen molar-refractivity contribution in [1.82, 2.24) is 20.0 Å². The predicted octanol–water partition coefficient (Wildman–Crippen LogP) is 1.77. The summed E-state index contributed by atoms with van der Waals surface area (Å²) >= 11 is 0. The number of benzene rings is 1. The second kappa shape index (κ2) is 8.86. The van der Waals surface area contributed by atoms with Crippen LogP contribution in [0.25, 0.3) is 0 Å². The predicted molar refractivity (Wildman–Crippen MR) is 105 cm³/mol. The first kappa shape index (κ1) is 19.1. The quantitative estimate of drug-likeness (QED) is 0.821. The summed E-state index contributed by atoms with van der Waals surface area (Å²) in [6, 6.07) is 11.5. The Bertz CT molecular complexity index is 773. The molecule has 0 radical (unpaired) electrons. The molecule has 0 aliphatic carbocycles. The van der Waals surface area contributed by atoms with Gasteiger partial charge in [-0.15, -0.1) is 0 Å². The molecule has 3 unspecified atom stereocenters. The summed E-state index contributed by atoms with van der Waals surface area (Å²) in [5.74, 6) is -0.0870. The summed E-state index contributed by atoms with van der Waals surface area (Å²) in [5, 5.41) is 18.5. The van der Waals surface area contributed by atoms with Gasteiger partial charge in [0, 0.05) is 25.7 Å². The first-order chi connectivity index (χ1) is 13.7. The highest BCUT2D eigenvalue weighted by molar-refractivity contribution is 5.92. The summed E-state index contributed by atoms with van der Waals surface area (Å²) in [4.78, 5) is 14.9. The molecule has 0 spiro atoms. The van der Waals surface area contributed by atoms with Crippen LogP contribution >= 0.6 is 0 Å². The highest BCUT2D eigenvalue weighted by Crippen LogP contribution is 2.24. The van der Waals surface area contributed by atoms with E-state index in [4.69, 9.17) is 4.74 Å². The average molecular weight is 384 g/mol. The lowest BCUT2D eigenvalue weighted by atomic mass is 10.0. The Morgan fingerprint density at radius 1 is 1.32 bits per heavy atom. The molecular weight excluding hydrogens is 356 g/mol. The molecule has 3 heterocycles. The molecule has 2 N–H and O–H groups in total. The molecule has 2 fully saturated rings. The van der Waals surface area contributed by atoms with Gasteiger partial charge in [0.2, 0.25) is 0 Å². The van der Waals surface area contributed by atoms with Gasteiger partial charge in [0.15, 0.2) is 0 Å². The lowest BCUT2D eigenvalue weighted by molar-refractivity contribution is -0.0177. The molecule has 150 valence electrons. The maximum Gasteiger partial charge on any atom is 0.274 e. The minimum Gasteiger partial charge on any atom is -0.388 e. The average Bonchev–Trinajstić information content (AvgIpc) is 3.25. The monoisotopic (exact) mass is 384 g/mol. The third-order valence-corrected chi connectivity index (χ3v) is 5.64. The SMILES string of the molecule is O=C(c1ccn(C2CCCNC2)n1)N1CCOCC1CC(O)c1ccccc1. The lowest BCUT2D eigenvalue weighted by Gasteiger charge is -2.36. The van der Waals surface area contributed by atoms with Crippen LogP contribution in [-0.4, -0.2) is 64.6 Å². The molecule has 28 heavy (non-hydrogen) atoms. The standard InChI is InChI=1S/C21H28N4O3/c26-20(16-5-2-1-3-6-16)13-18-15-28-12-11-24(18)21(27)19-8-10-25(23-19)17-7-4-9-22-14-17/h1-3,5-6,8,10,17-18,20,22,26H,4,7,9,11-15H2. The first-order valence-corrected chi connectivity index (χ1v) is 10.1. The maximum atomic E-state index is 13.1. The Kier molecular flexibility index (Phi) is 6.04. The molecule has 4 rings (SSSR count). The van der Waals surface area contributed by atoms with Crippen molar-refractivity contribution < 1.29 is 14.6 Å². The van der Waals surface area contributed by atoms with Gasteiger partial charge in [-0.05, 0) is 31.0 Å². The zero-order valence-electron chi connectivity index (χ0n) is 16.0. The van der Waals surface area contributed by atoms with Crippen molar-refractivity contribution in [3.05, 3.63) is 53.9 Å². The minimum atomic E-state index is -0.630. The van der Waals surface area contributed by atoms with E-state index in [1.807, 2.05) is 41.2 Å². The van der Waals surface area contributed by atoms with Gasteiger partial charge >= 0.3 is 0 Å². The highest BCUT2D eigenvalue weighted by atomic mass is 16.5.